The summed E-state index contributed by atoms with van der Waals surface area (Å²) in [6.45, 7) is 4.86. The molecule has 0 saturated heterocycles. The Kier molecular flexibility index (Phi) is 4.35. The molecule has 0 fully saturated rings. The lowest BCUT2D eigenvalue weighted by Gasteiger charge is -2.23. The molecule has 0 amide bonds. The summed E-state index contributed by atoms with van der Waals surface area (Å²) in [6.07, 6.45) is 0. The molecule has 11 rings (SSSR count). The summed E-state index contributed by atoms with van der Waals surface area (Å²) in [7, 11) is 0. The van der Waals surface area contributed by atoms with Crippen molar-refractivity contribution in [2.45, 2.75) is 19.3 Å². The average Bonchev–Trinajstić information content (AvgIpc) is 3.78. The quantitative estimate of drug-likeness (QED) is 0.179. The Balaban J connectivity index is 1.41. The fraction of sp³-hybridized carbons (Fsp3) is 0.0698. The van der Waals surface area contributed by atoms with Crippen molar-refractivity contribution in [1.82, 2.24) is 4.57 Å². The van der Waals surface area contributed by atoms with E-state index >= 15 is 0 Å². The molecule has 45 heavy (non-hydrogen) atoms. The zero-order valence-electron chi connectivity index (χ0n) is 25.0. The highest BCUT2D eigenvalue weighted by Gasteiger charge is 2.40. The first kappa shape index (κ1) is 24.2. The van der Waals surface area contributed by atoms with Crippen molar-refractivity contribution in [3.05, 3.63) is 139 Å². The maximum absolute atomic E-state index is 2.61. The highest BCUT2D eigenvalue weighted by Crippen LogP contribution is 2.59. The van der Waals surface area contributed by atoms with Crippen molar-refractivity contribution in [2.75, 3.05) is 0 Å². The van der Waals surface area contributed by atoms with Crippen LogP contribution >= 0.6 is 11.3 Å². The van der Waals surface area contributed by atoms with Gasteiger partial charge in [0.1, 0.15) is 0 Å². The minimum Gasteiger partial charge on any atom is -0.308 e. The molecule has 1 nitrogen and oxygen atoms in total. The predicted octanol–water partition coefficient (Wildman–Crippen LogP) is 12.3. The normalized spacial score (nSPS) is 14.2. The maximum Gasteiger partial charge on any atom is 0.0638 e. The van der Waals surface area contributed by atoms with Crippen LogP contribution in [0.15, 0.2) is 127 Å². The Morgan fingerprint density at radius 2 is 1.16 bits per heavy atom. The van der Waals surface area contributed by atoms with Crippen LogP contribution < -0.4 is 0 Å². The number of nitrogens with zero attached hydrogens (tertiary/aromatic N) is 1. The number of benzene rings is 7. The Morgan fingerprint density at radius 3 is 2.00 bits per heavy atom. The molecule has 7 aromatic carbocycles. The monoisotopic (exact) mass is 589 g/mol. The number of fused-ring (bicyclic) bond motifs is 15. The molecule has 0 unspecified atom stereocenters. The van der Waals surface area contributed by atoms with Gasteiger partial charge < -0.3 is 4.57 Å². The number of thiophene rings is 1. The largest absolute Gasteiger partial charge is 0.308 e. The summed E-state index contributed by atoms with van der Waals surface area (Å²) in [5.74, 6) is 0. The number of rotatable bonds is 1. The number of aromatic nitrogens is 1. The second kappa shape index (κ2) is 8.10. The smallest absolute Gasteiger partial charge is 0.0638 e. The molecule has 210 valence electrons. The molecule has 2 aliphatic rings. The van der Waals surface area contributed by atoms with E-state index in [-0.39, 0.29) is 5.41 Å². The van der Waals surface area contributed by atoms with E-state index in [2.05, 4.69) is 146 Å². The summed E-state index contributed by atoms with van der Waals surface area (Å²) >= 11 is 1.96. The molecular weight excluding hydrogens is 563 g/mol. The van der Waals surface area contributed by atoms with Gasteiger partial charge in [0.15, 0.2) is 0 Å². The Morgan fingerprint density at radius 1 is 0.511 bits per heavy atom. The standard InChI is InChI=1S/C43H27NS/c1-43(2)32-19-8-5-14-28(32)38-40(43)37-30-15-6-9-20-33(30)44(41(37)39-31-16-7-10-21-35(31)45-42(38)39)34-23-22-27-25-13-4-3-12-24(25)26-17-11-18-29(34)36(26)27/h3-23H,1-2H3. The van der Waals surface area contributed by atoms with E-state index in [1.54, 1.807) is 0 Å². The fourth-order valence-electron chi connectivity index (χ4n) is 8.93. The first-order chi connectivity index (χ1) is 22.1. The van der Waals surface area contributed by atoms with Gasteiger partial charge in [-0.15, -0.1) is 11.3 Å². The molecule has 2 heteroatoms. The van der Waals surface area contributed by atoms with Gasteiger partial charge in [-0.3, -0.25) is 0 Å². The Bertz CT molecular complexity index is 2760. The molecule has 2 heterocycles. The van der Waals surface area contributed by atoms with Crippen LogP contribution in [0.3, 0.4) is 0 Å². The van der Waals surface area contributed by atoms with Crippen LogP contribution in [-0.4, -0.2) is 4.57 Å². The lowest BCUT2D eigenvalue weighted by Crippen LogP contribution is -2.15. The second-order valence-electron chi connectivity index (χ2n) is 13.2. The fourth-order valence-corrected chi connectivity index (χ4v) is 10.2. The summed E-state index contributed by atoms with van der Waals surface area (Å²) < 4.78 is 5.35. The highest BCUT2D eigenvalue weighted by molar-refractivity contribution is 7.26. The van der Waals surface area contributed by atoms with Gasteiger partial charge in [0, 0.05) is 47.3 Å². The topological polar surface area (TPSA) is 4.93 Å². The minimum atomic E-state index is -0.132. The van der Waals surface area contributed by atoms with Crippen LogP contribution in [0.1, 0.15) is 25.0 Å². The summed E-state index contributed by atoms with van der Waals surface area (Å²) in [6, 6.07) is 47.7. The number of hydrogen-bond donors (Lipinski definition) is 0. The van der Waals surface area contributed by atoms with Crippen LogP contribution in [0.25, 0.3) is 91.8 Å². The van der Waals surface area contributed by atoms with Crippen molar-refractivity contribution in [3.8, 4) is 39.1 Å². The third-order valence-corrected chi connectivity index (χ3v) is 11.9. The maximum atomic E-state index is 2.61. The van der Waals surface area contributed by atoms with Gasteiger partial charge in [0.2, 0.25) is 0 Å². The predicted molar refractivity (Wildman–Crippen MR) is 193 cm³/mol. The number of hydrogen-bond acceptors (Lipinski definition) is 1. The van der Waals surface area contributed by atoms with E-state index in [0.717, 1.165) is 0 Å². The van der Waals surface area contributed by atoms with Crippen molar-refractivity contribution in [3.63, 3.8) is 0 Å². The van der Waals surface area contributed by atoms with Crippen LogP contribution in [0.5, 0.6) is 0 Å². The van der Waals surface area contributed by atoms with Gasteiger partial charge in [-0.25, -0.2) is 0 Å². The van der Waals surface area contributed by atoms with Gasteiger partial charge >= 0.3 is 0 Å². The van der Waals surface area contributed by atoms with Crippen molar-refractivity contribution >= 4 is 64.1 Å². The van der Waals surface area contributed by atoms with Crippen LogP contribution in [0.2, 0.25) is 0 Å². The Labute approximate surface area is 264 Å². The average molecular weight is 590 g/mol. The lowest BCUT2D eigenvalue weighted by molar-refractivity contribution is 0.667. The SMILES string of the molecule is CC1(C)c2ccccc2-c2c1c1c3ccccc3n(-c3ccc4c5c(cccc35)-c3ccccc3-4)c1c1c2sc2ccccc21. The molecule has 2 aromatic heterocycles. The van der Waals surface area contributed by atoms with E-state index in [1.807, 2.05) is 11.3 Å². The third kappa shape index (κ3) is 2.77. The molecule has 0 radical (unpaired) electrons. The van der Waals surface area contributed by atoms with Gasteiger partial charge in [0.05, 0.1) is 16.7 Å². The lowest BCUT2D eigenvalue weighted by atomic mass is 9.80. The first-order valence-corrected chi connectivity index (χ1v) is 16.6. The van der Waals surface area contributed by atoms with Crippen molar-refractivity contribution in [2.24, 2.45) is 0 Å². The van der Waals surface area contributed by atoms with Crippen LogP contribution in [-0.2, 0) is 5.41 Å². The van der Waals surface area contributed by atoms with E-state index < -0.39 is 0 Å². The Hall–Kier alpha value is -5.18. The van der Waals surface area contributed by atoms with Crippen molar-refractivity contribution < 1.29 is 0 Å². The summed E-state index contributed by atoms with van der Waals surface area (Å²) in [5, 5.41) is 8.11. The molecule has 0 spiro atoms. The molecule has 0 bridgehead atoms. The van der Waals surface area contributed by atoms with Crippen molar-refractivity contribution in [1.29, 1.82) is 0 Å². The molecular formula is C43H27NS. The van der Waals surface area contributed by atoms with E-state index in [4.69, 9.17) is 0 Å². The van der Waals surface area contributed by atoms with Gasteiger partial charge in [0.25, 0.3) is 0 Å². The van der Waals surface area contributed by atoms with E-state index in [0.29, 0.717) is 0 Å². The first-order valence-electron chi connectivity index (χ1n) is 15.8. The van der Waals surface area contributed by atoms with Gasteiger partial charge in [-0.2, -0.15) is 0 Å². The zero-order valence-corrected chi connectivity index (χ0v) is 25.8. The second-order valence-corrected chi connectivity index (χ2v) is 14.3. The van der Waals surface area contributed by atoms with E-state index in [9.17, 15) is 0 Å². The third-order valence-electron chi connectivity index (χ3n) is 10.7. The molecule has 9 aromatic rings. The zero-order chi connectivity index (χ0) is 29.6. The number of para-hydroxylation sites is 1. The minimum absolute atomic E-state index is 0.132. The molecule has 2 aliphatic carbocycles. The summed E-state index contributed by atoms with van der Waals surface area (Å²) in [4.78, 5) is 0. The highest BCUT2D eigenvalue weighted by atomic mass is 32.1. The summed E-state index contributed by atoms with van der Waals surface area (Å²) in [5.41, 5.74) is 14.8. The van der Waals surface area contributed by atoms with Gasteiger partial charge in [-0.1, -0.05) is 123 Å². The molecule has 0 aliphatic heterocycles. The molecule has 0 saturated carbocycles. The van der Waals surface area contributed by atoms with Crippen LogP contribution in [0.4, 0.5) is 0 Å². The van der Waals surface area contributed by atoms with E-state index in [1.165, 1.54) is 103 Å². The molecule has 0 atom stereocenters. The van der Waals surface area contributed by atoms with Gasteiger partial charge in [-0.05, 0) is 62.5 Å². The van der Waals surface area contributed by atoms with Crippen LogP contribution in [0, 0.1) is 0 Å². The molecule has 0 N–H and O–H groups in total.